The highest BCUT2D eigenvalue weighted by Gasteiger charge is 2.61. The zero-order chi connectivity index (χ0) is 26.0. The van der Waals surface area contributed by atoms with Crippen molar-refractivity contribution in [2.45, 2.75) is 110 Å². The number of allylic oxidation sites excluding steroid dienone is 2. The Hall–Kier alpha value is -0.800. The van der Waals surface area contributed by atoms with Gasteiger partial charge in [0.1, 0.15) is 5.78 Å². The number of carbonyl (C=O) groups is 1. The maximum Gasteiger partial charge on any atom is 0.397 e. The average Bonchev–Trinajstić information content (AvgIpc) is 3.05. The summed E-state index contributed by atoms with van der Waals surface area (Å²) in [5, 5.41) is 22.8. The molecule has 0 aliphatic heterocycles. The summed E-state index contributed by atoms with van der Waals surface area (Å²) in [6.45, 7) is 10.3. The summed E-state index contributed by atoms with van der Waals surface area (Å²) in [5.41, 5.74) is -0.0523. The van der Waals surface area contributed by atoms with Crippen LogP contribution in [0.4, 0.5) is 0 Å². The van der Waals surface area contributed by atoms with E-state index in [9.17, 15) is 23.4 Å². The van der Waals surface area contributed by atoms with E-state index in [0.29, 0.717) is 38.0 Å². The molecule has 0 spiro atoms. The van der Waals surface area contributed by atoms with Crippen molar-refractivity contribution in [2.24, 2.45) is 40.4 Å². The van der Waals surface area contributed by atoms with Crippen LogP contribution in [0, 0.1) is 40.4 Å². The fraction of sp³-hybridized carbons (Fsp3) is 0.889. The molecule has 0 unspecified atom stereocenters. The minimum Gasteiger partial charge on any atom is -0.393 e. The minimum atomic E-state index is -4.52. The predicted molar refractivity (Wildman–Crippen MR) is 133 cm³/mol. The quantitative estimate of drug-likeness (QED) is 0.340. The number of fused-ring (bicyclic) bond motifs is 5. The topological polar surface area (TPSA) is 121 Å². The van der Waals surface area contributed by atoms with Gasteiger partial charge in [-0.2, -0.15) is 8.42 Å². The summed E-state index contributed by atoms with van der Waals surface area (Å²) in [6, 6.07) is 0. The molecule has 0 heterocycles. The third-order valence-electron chi connectivity index (χ3n) is 10.2. The fourth-order valence-electron chi connectivity index (χ4n) is 8.87. The summed E-state index contributed by atoms with van der Waals surface area (Å²) < 4.78 is 36.5. The van der Waals surface area contributed by atoms with Gasteiger partial charge >= 0.3 is 10.4 Å². The van der Waals surface area contributed by atoms with Gasteiger partial charge < -0.3 is 10.2 Å². The SMILES string of the molecule is CC(C)CC(=O)C[C@](C)(O)[C@H]1CC[C@H]2[C@H]3C[C@H](O)[C@H]4C[C@@H](OS(=O)(=O)O)CC[C@]4(C)C3=CC[C@@]21C. The molecule has 0 saturated heterocycles. The molecule has 0 aromatic heterocycles. The smallest absolute Gasteiger partial charge is 0.393 e. The van der Waals surface area contributed by atoms with E-state index >= 15 is 0 Å². The standard InChI is InChI=1S/C27H44O7S/c1-16(2)12-17(28)15-27(5,30)24-7-6-20-19-14-23(29)22-13-18(34-35(31,32)33)8-10-25(22,3)21(19)9-11-26(20,24)4/h9,16,18-20,22-24,29-30H,6-8,10-15H2,1-5H3,(H,31,32,33)/t18-,19+,20-,22+,23-,24-,25+,26-,27-/m0/s1. The molecular formula is C27H44O7S. The van der Waals surface area contributed by atoms with Crippen LogP contribution >= 0.6 is 0 Å². The van der Waals surface area contributed by atoms with E-state index in [1.807, 2.05) is 20.8 Å². The summed E-state index contributed by atoms with van der Waals surface area (Å²) >= 11 is 0. The van der Waals surface area contributed by atoms with Crippen LogP contribution in [0.15, 0.2) is 11.6 Å². The van der Waals surface area contributed by atoms with Crippen LogP contribution in [0.5, 0.6) is 0 Å². The van der Waals surface area contributed by atoms with E-state index in [0.717, 1.165) is 19.3 Å². The number of ketones is 1. The summed E-state index contributed by atoms with van der Waals surface area (Å²) in [7, 11) is -4.52. The highest BCUT2D eigenvalue weighted by atomic mass is 32.3. The maximum absolute atomic E-state index is 12.6. The fourth-order valence-corrected chi connectivity index (χ4v) is 9.39. The third-order valence-corrected chi connectivity index (χ3v) is 10.7. The molecule has 0 aromatic carbocycles. The van der Waals surface area contributed by atoms with E-state index in [1.165, 1.54) is 5.57 Å². The van der Waals surface area contributed by atoms with Crippen molar-refractivity contribution in [3.63, 3.8) is 0 Å². The van der Waals surface area contributed by atoms with Gasteiger partial charge in [0.15, 0.2) is 0 Å². The van der Waals surface area contributed by atoms with Gasteiger partial charge in [0, 0.05) is 12.8 Å². The monoisotopic (exact) mass is 512 g/mol. The number of rotatable bonds is 7. The van der Waals surface area contributed by atoms with Crippen molar-refractivity contribution in [3.05, 3.63) is 11.6 Å². The summed E-state index contributed by atoms with van der Waals surface area (Å²) in [5.74, 6) is 0.853. The number of hydrogen-bond donors (Lipinski definition) is 3. The van der Waals surface area contributed by atoms with Crippen molar-refractivity contribution >= 4 is 16.2 Å². The molecule has 35 heavy (non-hydrogen) atoms. The van der Waals surface area contributed by atoms with Crippen molar-refractivity contribution in [1.82, 2.24) is 0 Å². The largest absolute Gasteiger partial charge is 0.397 e. The molecule has 3 saturated carbocycles. The molecule has 0 radical (unpaired) electrons. The number of hydrogen-bond acceptors (Lipinski definition) is 6. The van der Waals surface area contributed by atoms with Gasteiger partial charge in [-0.15, -0.1) is 0 Å². The van der Waals surface area contributed by atoms with Gasteiger partial charge in [0.05, 0.1) is 17.8 Å². The first-order valence-electron chi connectivity index (χ1n) is 13.3. The van der Waals surface area contributed by atoms with Crippen molar-refractivity contribution in [2.75, 3.05) is 0 Å². The highest BCUT2D eigenvalue weighted by Crippen LogP contribution is 2.67. The molecule has 3 N–H and O–H groups in total. The van der Waals surface area contributed by atoms with Gasteiger partial charge in [-0.05, 0) is 92.3 Å². The van der Waals surface area contributed by atoms with E-state index in [-0.39, 0.29) is 46.7 Å². The van der Waals surface area contributed by atoms with E-state index < -0.39 is 28.2 Å². The van der Waals surface area contributed by atoms with Crippen LogP contribution in [0.2, 0.25) is 0 Å². The Balaban J connectivity index is 1.57. The zero-order valence-corrected chi connectivity index (χ0v) is 22.7. The molecule has 0 aromatic rings. The lowest BCUT2D eigenvalue weighted by molar-refractivity contribution is -0.131. The first-order chi connectivity index (χ1) is 16.1. The molecule has 4 aliphatic rings. The second-order valence-corrected chi connectivity index (χ2v) is 14.2. The Morgan fingerprint density at radius 2 is 1.89 bits per heavy atom. The molecule has 8 heteroatoms. The number of Topliss-reactive ketones (excluding diaryl/α,β-unsaturated/α-hetero) is 1. The molecule has 9 atom stereocenters. The van der Waals surface area contributed by atoms with E-state index in [2.05, 4.69) is 19.9 Å². The zero-order valence-electron chi connectivity index (χ0n) is 21.9. The van der Waals surface area contributed by atoms with E-state index in [1.54, 1.807) is 0 Å². The van der Waals surface area contributed by atoms with Crippen molar-refractivity contribution < 1.29 is 32.2 Å². The van der Waals surface area contributed by atoms with Gasteiger partial charge in [0.25, 0.3) is 0 Å². The lowest BCUT2D eigenvalue weighted by Crippen LogP contribution is -2.55. The minimum absolute atomic E-state index is 0.0236. The normalized spacial score (nSPS) is 43.1. The van der Waals surface area contributed by atoms with Gasteiger partial charge in [0.2, 0.25) is 0 Å². The van der Waals surface area contributed by atoms with Crippen LogP contribution < -0.4 is 0 Å². The van der Waals surface area contributed by atoms with Gasteiger partial charge in [-0.3, -0.25) is 9.35 Å². The Kier molecular flexibility index (Phi) is 7.15. The first kappa shape index (κ1) is 27.2. The lowest BCUT2D eigenvalue weighted by atomic mass is 9.47. The second kappa shape index (κ2) is 9.19. The van der Waals surface area contributed by atoms with E-state index in [4.69, 9.17) is 8.74 Å². The Labute approximate surface area is 210 Å². The molecule has 4 aliphatic carbocycles. The summed E-state index contributed by atoms with van der Waals surface area (Å²) in [6.07, 6.45) is 6.75. The third kappa shape index (κ3) is 5.02. The maximum atomic E-state index is 12.6. The van der Waals surface area contributed by atoms with Crippen LogP contribution in [0.3, 0.4) is 0 Å². The molecule has 0 bridgehead atoms. The summed E-state index contributed by atoms with van der Waals surface area (Å²) in [4.78, 5) is 12.6. The highest BCUT2D eigenvalue weighted by molar-refractivity contribution is 7.80. The number of aliphatic hydroxyl groups is 2. The Morgan fingerprint density at radius 1 is 1.20 bits per heavy atom. The molecule has 7 nitrogen and oxygen atoms in total. The Bertz CT molecular complexity index is 970. The second-order valence-electron chi connectivity index (χ2n) is 13.1. The molecule has 3 fully saturated rings. The predicted octanol–water partition coefficient (Wildman–Crippen LogP) is 4.48. The number of carbonyl (C=O) groups excluding carboxylic acids is 1. The Morgan fingerprint density at radius 3 is 2.51 bits per heavy atom. The molecule has 0 amide bonds. The van der Waals surface area contributed by atoms with Gasteiger partial charge in [-0.1, -0.05) is 39.3 Å². The first-order valence-corrected chi connectivity index (χ1v) is 14.7. The lowest BCUT2D eigenvalue weighted by Gasteiger charge is -2.58. The average molecular weight is 513 g/mol. The number of aliphatic hydroxyl groups excluding tert-OH is 1. The molecule has 200 valence electrons. The van der Waals surface area contributed by atoms with Crippen LogP contribution in [-0.4, -0.2) is 46.8 Å². The van der Waals surface area contributed by atoms with Gasteiger partial charge in [-0.25, -0.2) is 4.18 Å². The van der Waals surface area contributed by atoms with Crippen LogP contribution in [0.25, 0.3) is 0 Å². The molecular weight excluding hydrogens is 468 g/mol. The van der Waals surface area contributed by atoms with Crippen LogP contribution in [0.1, 0.15) is 92.4 Å². The van der Waals surface area contributed by atoms with Crippen molar-refractivity contribution in [1.29, 1.82) is 0 Å². The van der Waals surface area contributed by atoms with Crippen molar-refractivity contribution in [3.8, 4) is 0 Å². The van der Waals surface area contributed by atoms with Crippen LogP contribution in [-0.2, 0) is 19.4 Å². The molecule has 4 rings (SSSR count).